The highest BCUT2D eigenvalue weighted by Crippen LogP contribution is 2.38. The standard InChI is InChI=1S/C28H30ClN3O/c1-20-7-9-22(10-8-20)25-18-26(24-17-23(29)11-12-27(24)33)31-28(30-25)13-15-32(16-14-28)19-21-5-3-2-4-6-21/h2-12,17,26,31,33H,13-16,18-19H2,1H3/t26-/m1/s1. The molecule has 5 rings (SSSR count). The summed E-state index contributed by atoms with van der Waals surface area (Å²) in [6.07, 6.45) is 2.56. The smallest absolute Gasteiger partial charge is 0.120 e. The van der Waals surface area contributed by atoms with Crippen molar-refractivity contribution >= 4 is 17.3 Å². The number of benzene rings is 3. The van der Waals surface area contributed by atoms with Gasteiger partial charge in [0.05, 0.1) is 0 Å². The Morgan fingerprint density at radius 2 is 1.76 bits per heavy atom. The van der Waals surface area contributed by atoms with Crippen molar-refractivity contribution in [2.75, 3.05) is 13.1 Å². The second kappa shape index (κ2) is 9.30. The maximum Gasteiger partial charge on any atom is 0.120 e. The van der Waals surface area contributed by atoms with Crippen LogP contribution in [0, 0.1) is 6.92 Å². The molecule has 1 spiro atoms. The normalized spacial score (nSPS) is 20.5. The number of hydrogen-bond donors (Lipinski definition) is 2. The summed E-state index contributed by atoms with van der Waals surface area (Å²) in [5, 5.41) is 15.1. The van der Waals surface area contributed by atoms with Crippen LogP contribution >= 0.6 is 11.6 Å². The van der Waals surface area contributed by atoms with E-state index in [0.29, 0.717) is 11.4 Å². The number of aliphatic imine (C=N–C) groups is 1. The molecule has 3 aromatic rings. The molecule has 1 fully saturated rings. The van der Waals surface area contributed by atoms with E-state index in [0.717, 1.165) is 49.3 Å². The molecule has 2 aliphatic heterocycles. The lowest BCUT2D eigenvalue weighted by atomic mass is 9.87. The Morgan fingerprint density at radius 3 is 2.48 bits per heavy atom. The van der Waals surface area contributed by atoms with Gasteiger partial charge in [0.25, 0.3) is 0 Å². The van der Waals surface area contributed by atoms with Crippen molar-refractivity contribution in [2.24, 2.45) is 4.99 Å². The molecule has 2 heterocycles. The van der Waals surface area contributed by atoms with Gasteiger partial charge in [0.2, 0.25) is 0 Å². The molecule has 0 bridgehead atoms. The average Bonchev–Trinajstić information content (AvgIpc) is 2.83. The molecule has 1 saturated heterocycles. The third kappa shape index (κ3) is 4.98. The van der Waals surface area contributed by atoms with Crippen molar-refractivity contribution in [1.29, 1.82) is 0 Å². The highest BCUT2D eigenvalue weighted by Gasteiger charge is 2.40. The van der Waals surface area contributed by atoms with Crippen LogP contribution in [0.25, 0.3) is 0 Å². The van der Waals surface area contributed by atoms with Gasteiger partial charge in [0.15, 0.2) is 0 Å². The summed E-state index contributed by atoms with van der Waals surface area (Å²) in [6, 6.07) is 24.5. The topological polar surface area (TPSA) is 47.9 Å². The predicted molar refractivity (Wildman–Crippen MR) is 135 cm³/mol. The van der Waals surface area contributed by atoms with Crippen molar-refractivity contribution in [2.45, 2.75) is 44.4 Å². The number of hydrogen-bond acceptors (Lipinski definition) is 4. The van der Waals surface area contributed by atoms with Gasteiger partial charge >= 0.3 is 0 Å². The Labute approximate surface area is 200 Å². The lowest BCUT2D eigenvalue weighted by molar-refractivity contribution is 0.120. The summed E-state index contributed by atoms with van der Waals surface area (Å²) < 4.78 is 0. The van der Waals surface area contributed by atoms with Gasteiger partial charge in [-0.1, -0.05) is 71.8 Å². The number of rotatable bonds is 4. The summed E-state index contributed by atoms with van der Waals surface area (Å²) >= 11 is 6.30. The first-order valence-corrected chi connectivity index (χ1v) is 12.1. The highest BCUT2D eigenvalue weighted by molar-refractivity contribution is 6.30. The molecule has 0 unspecified atom stereocenters. The molecular formula is C28H30ClN3O. The van der Waals surface area contributed by atoms with E-state index in [1.165, 1.54) is 11.1 Å². The zero-order valence-electron chi connectivity index (χ0n) is 19.0. The molecule has 0 aliphatic carbocycles. The lowest BCUT2D eigenvalue weighted by Gasteiger charge is -2.45. The van der Waals surface area contributed by atoms with Crippen LogP contribution < -0.4 is 5.32 Å². The molecule has 33 heavy (non-hydrogen) atoms. The third-order valence-electron chi connectivity index (χ3n) is 6.87. The van der Waals surface area contributed by atoms with Gasteiger partial charge in [-0.25, -0.2) is 0 Å². The van der Waals surface area contributed by atoms with Crippen LogP contribution in [0.1, 0.15) is 47.6 Å². The number of nitrogens with zero attached hydrogens (tertiary/aromatic N) is 2. The molecular weight excluding hydrogens is 430 g/mol. The van der Waals surface area contributed by atoms with Crippen LogP contribution in [0.15, 0.2) is 77.8 Å². The number of halogens is 1. The Bertz CT molecular complexity index is 1140. The van der Waals surface area contributed by atoms with Gasteiger partial charge in [-0.3, -0.25) is 15.2 Å². The number of piperidine rings is 1. The van der Waals surface area contributed by atoms with E-state index in [2.05, 4.69) is 71.7 Å². The number of phenols is 1. The molecule has 0 radical (unpaired) electrons. The molecule has 1 atom stereocenters. The summed E-state index contributed by atoms with van der Waals surface area (Å²) in [7, 11) is 0. The Morgan fingerprint density at radius 1 is 1.03 bits per heavy atom. The van der Waals surface area contributed by atoms with Crippen molar-refractivity contribution in [3.8, 4) is 5.75 Å². The predicted octanol–water partition coefficient (Wildman–Crippen LogP) is 5.87. The maximum absolute atomic E-state index is 10.6. The zero-order chi connectivity index (χ0) is 22.8. The molecule has 170 valence electrons. The zero-order valence-corrected chi connectivity index (χ0v) is 19.7. The molecule has 0 saturated carbocycles. The van der Waals surface area contributed by atoms with Gasteiger partial charge in [-0.15, -0.1) is 0 Å². The van der Waals surface area contributed by atoms with Crippen LogP contribution in [0.2, 0.25) is 5.02 Å². The maximum atomic E-state index is 10.6. The SMILES string of the molecule is Cc1ccc(C2=NC3(CCN(Cc4ccccc4)CC3)N[C@@H](c3cc(Cl)ccc3O)C2)cc1. The van der Waals surface area contributed by atoms with Crippen LogP contribution in [-0.2, 0) is 6.54 Å². The monoisotopic (exact) mass is 459 g/mol. The number of aryl methyl sites for hydroxylation is 1. The van der Waals surface area contributed by atoms with Crippen LogP contribution in [0.3, 0.4) is 0 Å². The van der Waals surface area contributed by atoms with Gasteiger partial charge in [0.1, 0.15) is 11.4 Å². The number of nitrogens with one attached hydrogen (secondary N) is 1. The lowest BCUT2D eigenvalue weighted by Crippen LogP contribution is -2.55. The molecule has 4 nitrogen and oxygen atoms in total. The fraction of sp³-hybridized carbons (Fsp3) is 0.321. The molecule has 0 amide bonds. The molecule has 0 aromatic heterocycles. The van der Waals surface area contributed by atoms with E-state index in [-0.39, 0.29) is 17.5 Å². The van der Waals surface area contributed by atoms with Crippen molar-refractivity contribution in [3.63, 3.8) is 0 Å². The van der Waals surface area contributed by atoms with E-state index >= 15 is 0 Å². The van der Waals surface area contributed by atoms with Crippen LogP contribution in [-0.4, -0.2) is 34.5 Å². The van der Waals surface area contributed by atoms with Gasteiger partial charge in [0, 0.05) is 48.4 Å². The van der Waals surface area contributed by atoms with Gasteiger partial charge in [-0.05, 0) is 49.1 Å². The number of likely N-dealkylation sites (tertiary alicyclic amines) is 1. The second-order valence-electron chi connectivity index (χ2n) is 9.32. The number of aromatic hydroxyl groups is 1. The first kappa shape index (κ1) is 22.1. The van der Waals surface area contributed by atoms with Crippen LogP contribution in [0.5, 0.6) is 5.75 Å². The quantitative estimate of drug-likeness (QED) is 0.513. The second-order valence-corrected chi connectivity index (χ2v) is 9.76. The number of phenolic OH excluding ortho intramolecular Hbond substituents is 1. The summed E-state index contributed by atoms with van der Waals surface area (Å²) in [6.45, 7) is 5.01. The van der Waals surface area contributed by atoms with E-state index in [1.807, 2.05) is 6.07 Å². The molecule has 2 aliphatic rings. The first-order chi connectivity index (χ1) is 16.0. The largest absolute Gasteiger partial charge is 0.508 e. The molecule has 3 aromatic carbocycles. The molecule has 2 N–H and O–H groups in total. The third-order valence-corrected chi connectivity index (χ3v) is 7.11. The van der Waals surface area contributed by atoms with E-state index in [4.69, 9.17) is 16.6 Å². The van der Waals surface area contributed by atoms with E-state index in [1.54, 1.807) is 12.1 Å². The highest BCUT2D eigenvalue weighted by atomic mass is 35.5. The summed E-state index contributed by atoms with van der Waals surface area (Å²) in [5.41, 5.74) is 5.32. The van der Waals surface area contributed by atoms with Gasteiger partial charge in [-0.2, -0.15) is 0 Å². The fourth-order valence-electron chi connectivity index (χ4n) is 5.00. The summed E-state index contributed by atoms with van der Waals surface area (Å²) in [4.78, 5) is 7.81. The Hall–Kier alpha value is -2.66. The van der Waals surface area contributed by atoms with Crippen molar-refractivity contribution in [1.82, 2.24) is 10.2 Å². The minimum Gasteiger partial charge on any atom is -0.508 e. The van der Waals surface area contributed by atoms with E-state index in [9.17, 15) is 5.11 Å². The molecule has 5 heteroatoms. The van der Waals surface area contributed by atoms with Crippen LogP contribution in [0.4, 0.5) is 0 Å². The van der Waals surface area contributed by atoms with Crippen molar-refractivity contribution in [3.05, 3.63) is 100 Å². The summed E-state index contributed by atoms with van der Waals surface area (Å²) in [5.74, 6) is 0.277. The Balaban J connectivity index is 1.43. The minimum absolute atomic E-state index is 0.0434. The minimum atomic E-state index is -0.342. The fourth-order valence-corrected chi connectivity index (χ4v) is 5.18. The first-order valence-electron chi connectivity index (χ1n) is 11.7. The Kier molecular flexibility index (Phi) is 6.24. The average molecular weight is 460 g/mol. The van der Waals surface area contributed by atoms with Crippen molar-refractivity contribution < 1.29 is 5.11 Å². The van der Waals surface area contributed by atoms with Gasteiger partial charge < -0.3 is 5.11 Å². The van der Waals surface area contributed by atoms with E-state index < -0.39 is 0 Å².